The lowest BCUT2D eigenvalue weighted by molar-refractivity contribution is 0.310. The molecule has 0 fully saturated rings. The van der Waals surface area contributed by atoms with Crippen LogP contribution in [0.2, 0.25) is 0 Å². The molecule has 4 heteroatoms. The van der Waals surface area contributed by atoms with Crippen molar-refractivity contribution in [1.29, 1.82) is 0 Å². The Kier molecular flexibility index (Phi) is 5.19. The highest BCUT2D eigenvalue weighted by Gasteiger charge is 2.04. The van der Waals surface area contributed by atoms with Crippen molar-refractivity contribution in [2.75, 3.05) is 19.3 Å². The molecule has 0 saturated carbocycles. The van der Waals surface area contributed by atoms with Crippen LogP contribution in [0.25, 0.3) is 0 Å². The predicted molar refractivity (Wildman–Crippen MR) is 67.0 cm³/mol. The quantitative estimate of drug-likeness (QED) is 0.748. The molecule has 0 radical (unpaired) electrons. The van der Waals surface area contributed by atoms with Crippen LogP contribution in [0.4, 0.5) is 5.82 Å². The van der Waals surface area contributed by atoms with Gasteiger partial charge >= 0.3 is 0 Å². The van der Waals surface area contributed by atoms with Gasteiger partial charge in [-0.1, -0.05) is 19.8 Å². The average Bonchev–Trinajstić information content (AvgIpc) is 2.16. The molecule has 0 bridgehead atoms. The number of nitrogen functional groups attached to an aromatic ring is 1. The molecule has 16 heavy (non-hydrogen) atoms. The van der Waals surface area contributed by atoms with Crippen LogP contribution in [0.15, 0.2) is 6.07 Å². The van der Waals surface area contributed by atoms with E-state index in [0.29, 0.717) is 5.82 Å². The Morgan fingerprint density at radius 2 is 2.06 bits per heavy atom. The van der Waals surface area contributed by atoms with Gasteiger partial charge in [-0.25, -0.2) is 9.97 Å². The Balaban J connectivity index is 2.45. The van der Waals surface area contributed by atoms with Gasteiger partial charge in [0.15, 0.2) is 0 Å². The van der Waals surface area contributed by atoms with E-state index in [1.807, 2.05) is 6.92 Å². The van der Waals surface area contributed by atoms with Crippen LogP contribution in [-0.2, 0) is 6.54 Å². The van der Waals surface area contributed by atoms with Gasteiger partial charge in [-0.3, -0.25) is 4.90 Å². The second-order valence-corrected chi connectivity index (χ2v) is 4.30. The van der Waals surface area contributed by atoms with Gasteiger partial charge in [-0.15, -0.1) is 0 Å². The molecule has 90 valence electrons. The molecule has 0 amide bonds. The van der Waals surface area contributed by atoms with Crippen LogP contribution in [-0.4, -0.2) is 28.5 Å². The summed E-state index contributed by atoms with van der Waals surface area (Å²) in [5.74, 6) is 1.38. The number of hydrogen-bond acceptors (Lipinski definition) is 4. The topological polar surface area (TPSA) is 55.0 Å². The largest absolute Gasteiger partial charge is 0.384 e. The van der Waals surface area contributed by atoms with Gasteiger partial charge in [0.25, 0.3) is 0 Å². The minimum absolute atomic E-state index is 0.560. The summed E-state index contributed by atoms with van der Waals surface area (Å²) in [5, 5.41) is 0. The van der Waals surface area contributed by atoms with Crippen LogP contribution in [0.5, 0.6) is 0 Å². The van der Waals surface area contributed by atoms with E-state index in [1.165, 1.54) is 19.3 Å². The normalized spacial score (nSPS) is 11.0. The van der Waals surface area contributed by atoms with Crippen LogP contribution in [0, 0.1) is 6.92 Å². The van der Waals surface area contributed by atoms with E-state index in [1.54, 1.807) is 6.07 Å². The lowest BCUT2D eigenvalue weighted by Crippen LogP contribution is -2.21. The second kappa shape index (κ2) is 6.43. The van der Waals surface area contributed by atoms with Crippen molar-refractivity contribution in [1.82, 2.24) is 14.9 Å². The van der Waals surface area contributed by atoms with Crippen LogP contribution in [0.3, 0.4) is 0 Å². The molecule has 0 saturated heterocycles. The molecular weight excluding hydrogens is 200 g/mol. The van der Waals surface area contributed by atoms with Gasteiger partial charge < -0.3 is 5.73 Å². The monoisotopic (exact) mass is 222 g/mol. The van der Waals surface area contributed by atoms with Crippen molar-refractivity contribution < 1.29 is 0 Å². The Morgan fingerprint density at radius 3 is 2.69 bits per heavy atom. The first kappa shape index (κ1) is 12.9. The molecule has 0 atom stereocenters. The number of rotatable bonds is 6. The zero-order valence-electron chi connectivity index (χ0n) is 10.5. The van der Waals surface area contributed by atoms with E-state index in [-0.39, 0.29) is 0 Å². The first-order chi connectivity index (χ1) is 7.61. The van der Waals surface area contributed by atoms with Gasteiger partial charge in [0.2, 0.25) is 0 Å². The van der Waals surface area contributed by atoms with Gasteiger partial charge in [-0.05, 0) is 26.9 Å². The van der Waals surface area contributed by atoms with Crippen LogP contribution in [0.1, 0.15) is 37.7 Å². The summed E-state index contributed by atoms with van der Waals surface area (Å²) in [6.07, 6.45) is 3.76. The third kappa shape index (κ3) is 4.57. The van der Waals surface area contributed by atoms with Crippen LogP contribution >= 0.6 is 0 Å². The van der Waals surface area contributed by atoms with Crippen molar-refractivity contribution >= 4 is 5.82 Å². The average molecular weight is 222 g/mol. The smallest absolute Gasteiger partial charge is 0.144 e. The third-order valence-corrected chi connectivity index (χ3v) is 2.48. The molecule has 0 aliphatic rings. The fourth-order valence-corrected chi connectivity index (χ4v) is 1.68. The molecule has 1 rings (SSSR count). The summed E-state index contributed by atoms with van der Waals surface area (Å²) in [4.78, 5) is 10.8. The van der Waals surface area contributed by atoms with Gasteiger partial charge in [0.1, 0.15) is 11.6 Å². The predicted octanol–water partition coefficient (Wildman–Crippen LogP) is 1.99. The molecule has 0 spiro atoms. The van der Waals surface area contributed by atoms with Crippen molar-refractivity contribution in [3.8, 4) is 0 Å². The Bertz CT molecular complexity index is 305. The Hall–Kier alpha value is -1.16. The van der Waals surface area contributed by atoms with E-state index in [0.717, 1.165) is 24.6 Å². The minimum Gasteiger partial charge on any atom is -0.384 e. The lowest BCUT2D eigenvalue weighted by atomic mass is 10.2. The number of hydrogen-bond donors (Lipinski definition) is 1. The minimum atomic E-state index is 0.560. The molecule has 4 nitrogen and oxygen atoms in total. The fraction of sp³-hybridized carbons (Fsp3) is 0.667. The van der Waals surface area contributed by atoms with Crippen molar-refractivity contribution in [3.05, 3.63) is 17.6 Å². The first-order valence-corrected chi connectivity index (χ1v) is 5.90. The van der Waals surface area contributed by atoms with Gasteiger partial charge in [0.05, 0.1) is 6.54 Å². The molecule has 0 aliphatic heterocycles. The van der Waals surface area contributed by atoms with E-state index in [2.05, 4.69) is 28.8 Å². The highest BCUT2D eigenvalue weighted by Crippen LogP contribution is 2.05. The molecule has 1 heterocycles. The number of anilines is 1. The molecule has 0 aromatic carbocycles. The number of nitrogens with zero attached hydrogens (tertiary/aromatic N) is 3. The summed E-state index contributed by atoms with van der Waals surface area (Å²) in [5.41, 5.74) is 6.62. The molecule has 0 aliphatic carbocycles. The zero-order valence-corrected chi connectivity index (χ0v) is 10.5. The zero-order chi connectivity index (χ0) is 12.0. The molecule has 2 N–H and O–H groups in total. The van der Waals surface area contributed by atoms with E-state index < -0.39 is 0 Å². The van der Waals surface area contributed by atoms with Crippen LogP contribution < -0.4 is 5.73 Å². The molecular formula is C12H22N4. The SMILES string of the molecule is CCCCCN(C)Cc1nc(C)cc(N)n1. The maximum Gasteiger partial charge on any atom is 0.144 e. The highest BCUT2D eigenvalue weighted by molar-refractivity contribution is 5.29. The summed E-state index contributed by atoms with van der Waals surface area (Å²) in [7, 11) is 2.09. The van der Waals surface area contributed by atoms with E-state index >= 15 is 0 Å². The van der Waals surface area contributed by atoms with Crippen molar-refractivity contribution in [2.45, 2.75) is 39.7 Å². The lowest BCUT2D eigenvalue weighted by Gasteiger charge is -2.15. The van der Waals surface area contributed by atoms with Crippen molar-refractivity contribution in [2.24, 2.45) is 0 Å². The van der Waals surface area contributed by atoms with E-state index in [4.69, 9.17) is 5.73 Å². The Labute approximate surface area is 97.9 Å². The summed E-state index contributed by atoms with van der Waals surface area (Å²) >= 11 is 0. The Morgan fingerprint density at radius 1 is 1.31 bits per heavy atom. The number of nitrogens with two attached hydrogens (primary N) is 1. The second-order valence-electron chi connectivity index (χ2n) is 4.30. The number of unbranched alkanes of at least 4 members (excludes halogenated alkanes) is 2. The fourth-order valence-electron chi connectivity index (χ4n) is 1.68. The number of aryl methyl sites for hydroxylation is 1. The molecule has 1 aromatic heterocycles. The molecule has 1 aromatic rings. The summed E-state index contributed by atoms with van der Waals surface area (Å²) in [6, 6.07) is 1.79. The van der Waals surface area contributed by atoms with Gasteiger partial charge in [-0.2, -0.15) is 0 Å². The van der Waals surface area contributed by atoms with E-state index in [9.17, 15) is 0 Å². The molecule has 0 unspecified atom stereocenters. The summed E-state index contributed by atoms with van der Waals surface area (Å²) < 4.78 is 0. The van der Waals surface area contributed by atoms with Crippen molar-refractivity contribution in [3.63, 3.8) is 0 Å². The standard InChI is InChI=1S/C12H22N4/c1-4-5-6-7-16(3)9-12-14-10(2)8-11(13)15-12/h8H,4-7,9H2,1-3H3,(H2,13,14,15). The first-order valence-electron chi connectivity index (χ1n) is 5.90. The number of aromatic nitrogens is 2. The maximum atomic E-state index is 5.69. The third-order valence-electron chi connectivity index (χ3n) is 2.48. The highest BCUT2D eigenvalue weighted by atomic mass is 15.1. The van der Waals surface area contributed by atoms with Gasteiger partial charge in [0, 0.05) is 11.8 Å². The summed E-state index contributed by atoms with van der Waals surface area (Å²) in [6.45, 7) is 6.02. The maximum absolute atomic E-state index is 5.69.